The average Bonchev–Trinajstić information content (AvgIpc) is 2.75. The normalized spacial score (nSPS) is 69.5. The van der Waals surface area contributed by atoms with E-state index in [1.807, 2.05) is 0 Å². The Kier molecular flexibility index (Phi) is 0.820. The topological polar surface area (TPSA) is 12.5 Å². The molecule has 3 aliphatic rings. The number of hydrogen-bond acceptors (Lipinski definition) is 2. The highest BCUT2D eigenvalue weighted by atomic mass is 16.5. The molecule has 20 heavy (non-hydrogen) atoms. The number of piperidine rings is 1. The SMILES string of the molecule is [2H]c1c([2H])c(OC)c([2H])c2c1CC1N(C([2H])([2H])[2H])C([2H])([2H])C([2H])([2H])[C@]23C([2H])([2H])C([2H])([2H])C([2H])([2H])C([2H])([2H])[C@]13[2H]. The largest absolute Gasteiger partial charge is 0.497 e. The fourth-order valence-electron chi connectivity index (χ4n) is 2.80. The van der Waals surface area contributed by atoms with Gasteiger partial charge in [-0.15, -0.1) is 0 Å². The van der Waals surface area contributed by atoms with Crippen molar-refractivity contribution in [1.29, 1.82) is 0 Å². The van der Waals surface area contributed by atoms with E-state index in [0.717, 1.165) is 7.11 Å². The van der Waals surface area contributed by atoms with Crippen LogP contribution in [0, 0.1) is 5.89 Å². The van der Waals surface area contributed by atoms with Gasteiger partial charge in [0.1, 0.15) is 5.75 Å². The monoisotopic (exact) mass is 290 g/mol. The van der Waals surface area contributed by atoms with E-state index in [2.05, 4.69) is 0 Å². The van der Waals surface area contributed by atoms with Crippen LogP contribution in [0.2, 0.25) is 0 Å². The molecular formula is C18H25NO. The third-order valence-electron chi connectivity index (χ3n) is 3.77. The zero-order chi connectivity index (χ0) is 30.5. The lowest BCUT2D eigenvalue weighted by Crippen LogP contribution is -2.59. The number of hydrogen-bond donors (Lipinski definition) is 0. The van der Waals surface area contributed by atoms with Crippen molar-refractivity contribution in [1.82, 2.24) is 4.90 Å². The van der Waals surface area contributed by atoms with Crippen LogP contribution in [0.4, 0.5) is 0 Å². The molecule has 0 aromatic heterocycles. The molecule has 2 heteroatoms. The molecule has 1 unspecified atom stereocenters. The summed E-state index contributed by atoms with van der Waals surface area (Å²) in [6.45, 7) is -7.40. The van der Waals surface area contributed by atoms with Gasteiger partial charge in [-0.2, -0.15) is 0 Å². The second-order valence-corrected chi connectivity index (χ2v) is 4.75. The first kappa shape index (κ1) is 3.65. The van der Waals surface area contributed by atoms with Crippen LogP contribution in [0.25, 0.3) is 0 Å². The summed E-state index contributed by atoms with van der Waals surface area (Å²) in [5.74, 6) is -4.40. The molecule has 1 saturated heterocycles. The summed E-state index contributed by atoms with van der Waals surface area (Å²) < 4.78 is 169. The molecule has 1 aliphatic heterocycles. The lowest BCUT2D eigenvalue weighted by atomic mass is 9.52. The molecule has 0 radical (unpaired) electrons. The smallest absolute Gasteiger partial charge is 0.119 e. The van der Waals surface area contributed by atoms with Gasteiger partial charge in [0.2, 0.25) is 0 Å². The zero-order valence-corrected chi connectivity index (χ0v) is 10.6. The molecule has 0 spiro atoms. The van der Waals surface area contributed by atoms with Crippen LogP contribution in [0.3, 0.4) is 0 Å². The van der Waals surface area contributed by atoms with E-state index in [0.29, 0.717) is 0 Å². The summed E-state index contributed by atoms with van der Waals surface area (Å²) in [7, 11) is 0.965. The van der Waals surface area contributed by atoms with Crippen LogP contribution >= 0.6 is 0 Å². The van der Waals surface area contributed by atoms with Gasteiger partial charge in [-0.3, -0.25) is 0 Å². The Morgan fingerprint density at radius 1 is 1.50 bits per heavy atom. The summed E-state index contributed by atoms with van der Waals surface area (Å²) in [5, 5.41) is 0. The Morgan fingerprint density at radius 3 is 3.30 bits per heavy atom. The van der Waals surface area contributed by atoms with Crippen molar-refractivity contribution in [3.05, 3.63) is 29.3 Å². The van der Waals surface area contributed by atoms with Crippen molar-refractivity contribution in [3.8, 4) is 5.75 Å². The predicted octanol–water partition coefficient (Wildman–Crippen LogP) is 3.38. The summed E-state index contributed by atoms with van der Waals surface area (Å²) >= 11 is 0. The van der Waals surface area contributed by atoms with Crippen LogP contribution in [0.1, 0.15) is 69.0 Å². The minimum absolute atomic E-state index is 0.143. The highest BCUT2D eigenvalue weighted by Gasteiger charge is 2.53. The molecule has 4 rings (SSSR count). The molecular weight excluding hydrogens is 246 g/mol. The maximum absolute atomic E-state index is 9.54. The number of benzene rings is 1. The molecule has 3 atom stereocenters. The van der Waals surface area contributed by atoms with Crippen LogP contribution in [-0.2, 0) is 11.8 Å². The lowest BCUT2D eigenvalue weighted by molar-refractivity contribution is 0.00274. The third-order valence-corrected chi connectivity index (χ3v) is 3.77. The van der Waals surface area contributed by atoms with Crippen LogP contribution < -0.4 is 4.74 Å². The van der Waals surface area contributed by atoms with E-state index >= 15 is 0 Å². The molecule has 2 aliphatic carbocycles. The third kappa shape index (κ3) is 1.60. The Morgan fingerprint density at radius 2 is 2.45 bits per heavy atom. The number of ether oxygens (including phenoxy) is 1. The van der Waals surface area contributed by atoms with Gasteiger partial charge in [0.25, 0.3) is 0 Å². The maximum atomic E-state index is 9.54. The highest BCUT2D eigenvalue weighted by Crippen LogP contribution is 2.55. The predicted molar refractivity (Wildman–Crippen MR) is 81.4 cm³/mol. The van der Waals surface area contributed by atoms with Crippen molar-refractivity contribution < 1.29 is 30.8 Å². The summed E-state index contributed by atoms with van der Waals surface area (Å²) in [6.07, 6.45) is -21.0. The number of fused-ring (bicyclic) bond motifs is 1. The number of nitrogens with zero attached hydrogens (tertiary/aromatic N) is 1. The van der Waals surface area contributed by atoms with Gasteiger partial charge < -0.3 is 9.64 Å². The molecule has 1 saturated carbocycles. The summed E-state index contributed by atoms with van der Waals surface area (Å²) in [4.78, 5) is -0.143. The number of methoxy groups -OCH3 is 1. The van der Waals surface area contributed by atoms with Crippen LogP contribution in [-0.4, -0.2) is 31.5 Å². The molecule has 2 bridgehead atoms. The lowest BCUT2D eigenvalue weighted by Gasteiger charge is -2.58. The average molecular weight is 291 g/mol. The first-order chi connectivity index (χ1) is 17.2. The van der Waals surface area contributed by atoms with Gasteiger partial charge in [-0.1, -0.05) is 18.8 Å². The number of likely N-dealkylation sites (N-methyl/N-ethyl adjacent to an activating group) is 1. The van der Waals surface area contributed by atoms with Crippen molar-refractivity contribution >= 4 is 0 Å². The molecule has 0 amide bonds. The van der Waals surface area contributed by atoms with Gasteiger partial charge in [0.05, 0.1) is 11.2 Å². The molecule has 2 nitrogen and oxygen atoms in total. The minimum atomic E-state index is -4.07. The van der Waals surface area contributed by atoms with Gasteiger partial charge >= 0.3 is 0 Å². The van der Waals surface area contributed by atoms with Gasteiger partial charge in [0.15, 0.2) is 0 Å². The van der Waals surface area contributed by atoms with E-state index in [4.69, 9.17) is 29.4 Å². The number of rotatable bonds is 1. The molecule has 108 valence electrons. The van der Waals surface area contributed by atoms with E-state index in [9.17, 15) is 1.37 Å². The van der Waals surface area contributed by atoms with Crippen molar-refractivity contribution in [2.45, 2.75) is 49.7 Å². The zero-order valence-electron chi connectivity index (χ0n) is 29.6. The second kappa shape index (κ2) is 4.49. The second-order valence-electron chi connectivity index (χ2n) is 4.75. The van der Waals surface area contributed by atoms with E-state index in [-0.39, 0.29) is 4.90 Å². The first-order valence-electron chi connectivity index (χ1n) is 15.6. The maximum Gasteiger partial charge on any atom is 0.119 e. The Bertz CT molecular complexity index is 1250. The van der Waals surface area contributed by atoms with E-state index in [1.54, 1.807) is 0 Å². The summed E-state index contributed by atoms with van der Waals surface area (Å²) in [5.41, 5.74) is -5.40. The Hall–Kier alpha value is -1.02. The van der Waals surface area contributed by atoms with Crippen LogP contribution in [0.5, 0.6) is 5.75 Å². The van der Waals surface area contributed by atoms with E-state index in [1.165, 1.54) is 0 Å². The highest BCUT2D eigenvalue weighted by molar-refractivity contribution is 5.45. The number of likely N-dealkylation sites (tertiary alicyclic amines) is 1. The van der Waals surface area contributed by atoms with Crippen molar-refractivity contribution in [2.75, 3.05) is 20.6 Å². The molecule has 1 aromatic rings. The molecule has 2 fully saturated rings. The van der Waals surface area contributed by atoms with Crippen molar-refractivity contribution in [3.63, 3.8) is 0 Å². The van der Waals surface area contributed by atoms with E-state index < -0.39 is 104 Å². The van der Waals surface area contributed by atoms with Gasteiger partial charge in [0, 0.05) is 33.4 Å². The quantitative estimate of drug-likeness (QED) is 0.786. The molecule has 1 heterocycles. The van der Waals surface area contributed by atoms with Gasteiger partial charge in [-0.25, -0.2) is 0 Å². The summed E-state index contributed by atoms with van der Waals surface area (Å²) in [6, 6.07) is -5.03. The van der Waals surface area contributed by atoms with Gasteiger partial charge in [-0.05, 0) is 68.1 Å². The first-order valence-corrected chi connectivity index (χ1v) is 6.12. The Labute approximate surface area is 148 Å². The molecule has 1 aromatic carbocycles. The Balaban J connectivity index is 2.45. The fraction of sp³-hybridized carbons (Fsp3) is 0.667. The van der Waals surface area contributed by atoms with Crippen molar-refractivity contribution in [2.24, 2.45) is 5.89 Å². The minimum Gasteiger partial charge on any atom is -0.497 e. The van der Waals surface area contributed by atoms with Crippen LogP contribution in [0.15, 0.2) is 18.1 Å². The standard InChI is InChI=1S/C18H25NO/c1-19-10-9-18-8-4-3-5-15(18)17(19)11-13-6-7-14(20-2)12-16(13)18/h6-7,12,15,17H,3-5,8-11H2,1-2H3/t15-,17?,18+/m1/s1/i1D3,3D2,4D2,5D2,6D,7D,8D2,9D2,10D2,12D,15D. The molecule has 0 N–H and O–H groups in total. The fourth-order valence-corrected chi connectivity index (χ4v) is 2.80.